The predicted octanol–water partition coefficient (Wildman–Crippen LogP) is 17.0. The molecule has 65 heavy (non-hydrogen) atoms. The second-order valence-corrected chi connectivity index (χ2v) is 18.7. The fourth-order valence-electron chi connectivity index (χ4n) is 8.19. The van der Waals surface area contributed by atoms with Crippen molar-refractivity contribution in [2.75, 3.05) is 6.61 Å². The molecule has 3 unspecified atom stereocenters. The zero-order chi connectivity index (χ0) is 47.4. The number of amides is 1. The molecule has 0 heterocycles. The van der Waals surface area contributed by atoms with Crippen LogP contribution < -0.4 is 5.32 Å². The molecule has 0 fully saturated rings. The van der Waals surface area contributed by atoms with Gasteiger partial charge in [0, 0.05) is 6.42 Å². The van der Waals surface area contributed by atoms with Crippen LogP contribution in [0.1, 0.15) is 265 Å². The van der Waals surface area contributed by atoms with Gasteiger partial charge in [0.2, 0.25) is 5.91 Å². The van der Waals surface area contributed by atoms with Crippen LogP contribution in [0.25, 0.3) is 0 Å². The van der Waals surface area contributed by atoms with Crippen LogP contribution in [-0.4, -0.2) is 46.9 Å². The molecule has 0 spiro atoms. The average Bonchev–Trinajstić information content (AvgIpc) is 3.30. The van der Waals surface area contributed by atoms with Crippen molar-refractivity contribution < 1.29 is 24.5 Å². The molecule has 0 aliphatic carbocycles. The number of hydrogen-bond acceptors (Lipinski definition) is 5. The number of aliphatic hydroxyl groups is 2. The first-order chi connectivity index (χ1) is 32.0. The normalized spacial score (nSPS) is 13.7. The molecule has 0 bridgehead atoms. The standard InChI is InChI=1S/C59H105NO5/c1-4-7-10-13-16-19-22-25-27-29-30-32-34-37-40-43-46-49-52-59(64)65-55(50-47-44-41-38-35-24-21-18-15-12-9-6-3)53-58(63)60-56(54-61)57(62)51-48-45-42-39-36-33-31-28-26-23-20-17-14-11-8-5-2/h9,12,16,18-19,21-22,25,27,29-30,32,55-57,61-62H,4-8,10-11,13-15,17,20,23-24,26,28,31,33-54H2,1-3H3,(H,60,63)/b12-9+,19-16+,21-18+,25-22+,29-27+,32-30+. The van der Waals surface area contributed by atoms with E-state index in [4.69, 9.17) is 4.74 Å². The van der Waals surface area contributed by atoms with Crippen molar-refractivity contribution in [1.82, 2.24) is 5.32 Å². The van der Waals surface area contributed by atoms with Crippen molar-refractivity contribution in [3.8, 4) is 0 Å². The number of aliphatic hydroxyl groups excluding tert-OH is 2. The molecule has 0 radical (unpaired) electrons. The summed E-state index contributed by atoms with van der Waals surface area (Å²) in [6.07, 6.45) is 66.7. The third-order valence-corrected chi connectivity index (χ3v) is 12.4. The molecule has 0 rings (SSSR count). The van der Waals surface area contributed by atoms with Crippen molar-refractivity contribution in [1.29, 1.82) is 0 Å². The molecule has 6 nitrogen and oxygen atoms in total. The van der Waals surface area contributed by atoms with Gasteiger partial charge in [-0.25, -0.2) is 0 Å². The third-order valence-electron chi connectivity index (χ3n) is 12.4. The first-order valence-corrected chi connectivity index (χ1v) is 27.7. The second-order valence-electron chi connectivity index (χ2n) is 18.7. The van der Waals surface area contributed by atoms with Gasteiger partial charge in [-0.1, -0.05) is 248 Å². The van der Waals surface area contributed by atoms with Crippen LogP contribution in [0.3, 0.4) is 0 Å². The van der Waals surface area contributed by atoms with Crippen molar-refractivity contribution in [2.24, 2.45) is 0 Å². The molecule has 0 aromatic carbocycles. The Bertz CT molecular complexity index is 1200. The quantitative estimate of drug-likeness (QED) is 0.0245. The number of esters is 1. The van der Waals surface area contributed by atoms with E-state index in [1.54, 1.807) is 0 Å². The Balaban J connectivity index is 4.57. The van der Waals surface area contributed by atoms with E-state index < -0.39 is 18.2 Å². The first-order valence-electron chi connectivity index (χ1n) is 27.7. The largest absolute Gasteiger partial charge is 0.462 e. The molecule has 0 aromatic rings. The zero-order valence-corrected chi connectivity index (χ0v) is 42.9. The molecule has 0 saturated carbocycles. The molecule has 0 aromatic heterocycles. The van der Waals surface area contributed by atoms with Gasteiger partial charge in [-0.15, -0.1) is 0 Å². The molecule has 376 valence electrons. The molecule has 3 N–H and O–H groups in total. The van der Waals surface area contributed by atoms with E-state index in [0.717, 1.165) is 109 Å². The van der Waals surface area contributed by atoms with Gasteiger partial charge in [0.25, 0.3) is 0 Å². The van der Waals surface area contributed by atoms with E-state index in [1.165, 1.54) is 109 Å². The number of carbonyl (C=O) groups is 2. The van der Waals surface area contributed by atoms with Crippen LogP contribution in [0.4, 0.5) is 0 Å². The number of nitrogens with one attached hydrogen (secondary N) is 1. The Morgan fingerprint density at radius 2 is 0.892 bits per heavy atom. The maximum atomic E-state index is 13.2. The van der Waals surface area contributed by atoms with Gasteiger partial charge in [-0.3, -0.25) is 9.59 Å². The summed E-state index contributed by atoms with van der Waals surface area (Å²) in [6, 6.07) is -0.714. The summed E-state index contributed by atoms with van der Waals surface area (Å²) in [4.78, 5) is 26.2. The highest BCUT2D eigenvalue weighted by Gasteiger charge is 2.24. The summed E-state index contributed by atoms with van der Waals surface area (Å²) in [7, 11) is 0. The predicted molar refractivity (Wildman–Crippen MR) is 282 cm³/mol. The van der Waals surface area contributed by atoms with E-state index >= 15 is 0 Å². The fraction of sp³-hybridized carbons (Fsp3) is 0.763. The molecule has 1 amide bonds. The minimum absolute atomic E-state index is 0.0560. The van der Waals surface area contributed by atoms with E-state index in [0.29, 0.717) is 19.3 Å². The van der Waals surface area contributed by atoms with Crippen LogP contribution in [0.15, 0.2) is 72.9 Å². The minimum Gasteiger partial charge on any atom is -0.462 e. The maximum absolute atomic E-state index is 13.2. The second kappa shape index (κ2) is 52.3. The molecule has 0 aliphatic rings. The van der Waals surface area contributed by atoms with Crippen LogP contribution in [-0.2, 0) is 14.3 Å². The highest BCUT2D eigenvalue weighted by Crippen LogP contribution is 2.18. The highest BCUT2D eigenvalue weighted by atomic mass is 16.5. The SMILES string of the molecule is CC/C=C/C/C=C/CCCCCCCC(CC(=O)NC(CO)C(O)CCCCCCCCCCCCCCCCCC)OC(=O)CCCCCCC/C=C/C=C/C=C/C=C/CCCCC. The zero-order valence-electron chi connectivity index (χ0n) is 42.9. The third kappa shape index (κ3) is 47.6. The summed E-state index contributed by atoms with van der Waals surface area (Å²) < 4.78 is 5.93. The Kier molecular flexibility index (Phi) is 50.1. The molecular formula is C59H105NO5. The summed E-state index contributed by atoms with van der Waals surface area (Å²) in [5.74, 6) is -0.513. The van der Waals surface area contributed by atoms with Crippen molar-refractivity contribution in [3.63, 3.8) is 0 Å². The lowest BCUT2D eigenvalue weighted by Gasteiger charge is -2.24. The van der Waals surface area contributed by atoms with Gasteiger partial charge < -0.3 is 20.3 Å². The molecule has 0 aliphatic heterocycles. The summed E-state index contributed by atoms with van der Waals surface area (Å²) in [6.45, 7) is 6.34. The lowest BCUT2D eigenvalue weighted by atomic mass is 10.0. The van der Waals surface area contributed by atoms with Crippen molar-refractivity contribution in [3.05, 3.63) is 72.9 Å². The Morgan fingerprint density at radius 1 is 0.477 bits per heavy atom. The van der Waals surface area contributed by atoms with Gasteiger partial charge in [0.1, 0.15) is 6.10 Å². The number of unbranched alkanes of at least 4 members (excludes halogenated alkanes) is 28. The molecular weight excluding hydrogens is 803 g/mol. The first kappa shape index (κ1) is 62.3. The van der Waals surface area contributed by atoms with Crippen molar-refractivity contribution >= 4 is 11.9 Å². The topological polar surface area (TPSA) is 95.9 Å². The van der Waals surface area contributed by atoms with Gasteiger partial charge in [0.15, 0.2) is 0 Å². The van der Waals surface area contributed by atoms with Crippen LogP contribution in [0.2, 0.25) is 0 Å². The minimum atomic E-state index is -0.799. The van der Waals surface area contributed by atoms with E-state index in [2.05, 4.69) is 99.0 Å². The van der Waals surface area contributed by atoms with E-state index in [9.17, 15) is 19.8 Å². The fourth-order valence-corrected chi connectivity index (χ4v) is 8.19. The summed E-state index contributed by atoms with van der Waals surface area (Å²) in [5, 5.41) is 23.8. The van der Waals surface area contributed by atoms with Gasteiger partial charge in [-0.05, 0) is 77.0 Å². The van der Waals surface area contributed by atoms with E-state index in [1.807, 2.05) is 0 Å². The number of rotatable bonds is 49. The molecule has 6 heteroatoms. The van der Waals surface area contributed by atoms with Gasteiger partial charge >= 0.3 is 5.97 Å². The number of ether oxygens (including phenoxy) is 1. The van der Waals surface area contributed by atoms with Crippen LogP contribution in [0.5, 0.6) is 0 Å². The Morgan fingerprint density at radius 3 is 1.42 bits per heavy atom. The van der Waals surface area contributed by atoms with Crippen LogP contribution in [0, 0.1) is 0 Å². The lowest BCUT2D eigenvalue weighted by Crippen LogP contribution is -2.46. The summed E-state index contributed by atoms with van der Waals surface area (Å²) >= 11 is 0. The Hall–Kier alpha value is -2.70. The van der Waals surface area contributed by atoms with Crippen LogP contribution >= 0.6 is 0 Å². The number of carbonyl (C=O) groups excluding carboxylic acids is 2. The van der Waals surface area contributed by atoms with Crippen molar-refractivity contribution in [2.45, 2.75) is 283 Å². The summed E-state index contributed by atoms with van der Waals surface area (Å²) in [5.41, 5.74) is 0. The van der Waals surface area contributed by atoms with Gasteiger partial charge in [0.05, 0.1) is 25.2 Å². The number of allylic oxidation sites excluding steroid dienone is 12. The number of hydrogen-bond donors (Lipinski definition) is 3. The molecule has 0 saturated heterocycles. The Labute approximate surface area is 402 Å². The van der Waals surface area contributed by atoms with E-state index in [-0.39, 0.29) is 24.9 Å². The average molecular weight is 908 g/mol. The smallest absolute Gasteiger partial charge is 0.306 e. The highest BCUT2D eigenvalue weighted by molar-refractivity contribution is 5.77. The molecule has 3 atom stereocenters. The lowest BCUT2D eigenvalue weighted by molar-refractivity contribution is -0.151. The monoisotopic (exact) mass is 908 g/mol. The maximum Gasteiger partial charge on any atom is 0.306 e. The van der Waals surface area contributed by atoms with Gasteiger partial charge in [-0.2, -0.15) is 0 Å².